The van der Waals surface area contributed by atoms with Gasteiger partial charge in [0.05, 0.1) is 17.3 Å². The van der Waals surface area contributed by atoms with E-state index in [-0.39, 0.29) is 24.4 Å². The molecule has 0 saturated heterocycles. The maximum atomic E-state index is 13.4. The molecule has 156 valence electrons. The molecule has 0 saturated carbocycles. The normalized spacial score (nSPS) is 17.3. The van der Waals surface area contributed by atoms with E-state index in [4.69, 9.17) is 4.42 Å². The van der Waals surface area contributed by atoms with Crippen molar-refractivity contribution in [3.05, 3.63) is 53.3 Å². The molecule has 9 heteroatoms. The van der Waals surface area contributed by atoms with Gasteiger partial charge in [0.25, 0.3) is 5.91 Å². The Kier molecular flexibility index (Phi) is 5.07. The van der Waals surface area contributed by atoms with Crippen LogP contribution in [0.2, 0.25) is 0 Å². The van der Waals surface area contributed by atoms with Crippen LogP contribution in [0.3, 0.4) is 0 Å². The first-order chi connectivity index (χ1) is 14.3. The van der Waals surface area contributed by atoms with E-state index in [2.05, 4.69) is 10.6 Å². The molecule has 30 heavy (non-hydrogen) atoms. The van der Waals surface area contributed by atoms with Crippen LogP contribution in [-0.2, 0) is 15.8 Å². The van der Waals surface area contributed by atoms with Crippen molar-refractivity contribution in [1.29, 1.82) is 0 Å². The van der Waals surface area contributed by atoms with Gasteiger partial charge in [-0.2, -0.15) is 0 Å². The highest BCUT2D eigenvalue weighted by Gasteiger charge is 2.30. The van der Waals surface area contributed by atoms with Gasteiger partial charge in [0.2, 0.25) is 5.91 Å². The third-order valence-electron chi connectivity index (χ3n) is 5.11. The van der Waals surface area contributed by atoms with Crippen molar-refractivity contribution in [1.82, 2.24) is 10.6 Å². The number of fused-ring (bicyclic) bond motifs is 2. The number of carbonyl (C=O) groups excluding carboxylic acids is 2. The Morgan fingerprint density at radius 2 is 2.00 bits per heavy atom. The summed E-state index contributed by atoms with van der Waals surface area (Å²) in [5.74, 6) is -0.683. The molecule has 7 nitrogen and oxygen atoms in total. The lowest BCUT2D eigenvalue weighted by Crippen LogP contribution is -2.35. The highest BCUT2D eigenvalue weighted by molar-refractivity contribution is 7.85. The smallest absolute Gasteiger partial charge is 0.255 e. The van der Waals surface area contributed by atoms with Gasteiger partial charge in [-0.3, -0.25) is 13.9 Å². The second kappa shape index (κ2) is 7.56. The Morgan fingerprint density at radius 1 is 1.30 bits per heavy atom. The molecule has 2 amide bonds. The minimum atomic E-state index is -1.44. The van der Waals surface area contributed by atoms with Crippen molar-refractivity contribution in [3.63, 3.8) is 0 Å². The molecule has 3 aromatic rings. The van der Waals surface area contributed by atoms with Crippen LogP contribution in [0.4, 0.5) is 10.1 Å². The van der Waals surface area contributed by atoms with Crippen LogP contribution in [0, 0.1) is 5.82 Å². The van der Waals surface area contributed by atoms with E-state index in [1.54, 1.807) is 24.3 Å². The lowest BCUT2D eigenvalue weighted by molar-refractivity contribution is -0.120. The second-order valence-corrected chi connectivity index (χ2v) is 8.34. The summed E-state index contributed by atoms with van der Waals surface area (Å²) >= 11 is 0. The van der Waals surface area contributed by atoms with E-state index in [1.165, 1.54) is 29.7 Å². The maximum Gasteiger partial charge on any atom is 0.255 e. The van der Waals surface area contributed by atoms with Gasteiger partial charge < -0.3 is 15.1 Å². The van der Waals surface area contributed by atoms with Crippen LogP contribution < -0.4 is 14.9 Å². The predicted molar refractivity (Wildman–Crippen MR) is 113 cm³/mol. The molecule has 2 aromatic carbocycles. The third kappa shape index (κ3) is 3.35. The minimum Gasteiger partial charge on any atom is -0.455 e. The lowest BCUT2D eigenvalue weighted by Gasteiger charge is -2.21. The molecule has 0 spiro atoms. The van der Waals surface area contributed by atoms with E-state index in [0.29, 0.717) is 33.5 Å². The summed E-state index contributed by atoms with van der Waals surface area (Å²) in [5.41, 5.74) is 2.59. The Labute approximate surface area is 174 Å². The molecule has 0 radical (unpaired) electrons. The zero-order chi connectivity index (χ0) is 21.6. The van der Waals surface area contributed by atoms with E-state index in [9.17, 15) is 18.2 Å². The standard InChI is InChI=1S/C21H20FN3O4S/c1-11-14-8-15-17(9-16(14)25(30(3)28)10-18(26)24-11)29-20(19(15)21(27)23-2)12-4-6-13(22)7-5-12/h4-9,11H,10H2,1-3H3,(H,23,27)(H,24,26)/t11-,30?/m1/s1. The summed E-state index contributed by atoms with van der Waals surface area (Å²) in [6.45, 7) is 1.77. The van der Waals surface area contributed by atoms with E-state index in [0.717, 1.165) is 5.56 Å². The summed E-state index contributed by atoms with van der Waals surface area (Å²) < 4.78 is 33.2. The summed E-state index contributed by atoms with van der Waals surface area (Å²) in [4.78, 5) is 24.9. The Morgan fingerprint density at radius 3 is 2.63 bits per heavy atom. The van der Waals surface area contributed by atoms with Crippen LogP contribution in [0.1, 0.15) is 28.9 Å². The molecule has 2 heterocycles. The van der Waals surface area contributed by atoms with Crippen LogP contribution in [-0.4, -0.2) is 35.9 Å². The lowest BCUT2D eigenvalue weighted by atomic mass is 9.99. The van der Waals surface area contributed by atoms with Crippen molar-refractivity contribution < 1.29 is 22.6 Å². The highest BCUT2D eigenvalue weighted by atomic mass is 32.2. The van der Waals surface area contributed by atoms with Crippen molar-refractivity contribution in [2.24, 2.45) is 0 Å². The average Bonchev–Trinajstić information content (AvgIpc) is 3.03. The van der Waals surface area contributed by atoms with Gasteiger partial charge in [-0.05, 0) is 42.8 Å². The van der Waals surface area contributed by atoms with Gasteiger partial charge in [0, 0.05) is 30.3 Å². The molecule has 2 atom stereocenters. The number of nitrogens with one attached hydrogen (secondary N) is 2. The first-order valence-corrected chi connectivity index (χ1v) is 10.8. The first-order valence-electron chi connectivity index (χ1n) is 9.29. The Bertz CT molecular complexity index is 1190. The van der Waals surface area contributed by atoms with Crippen molar-refractivity contribution in [2.45, 2.75) is 13.0 Å². The fourth-order valence-corrected chi connectivity index (χ4v) is 4.41. The topological polar surface area (TPSA) is 91.7 Å². The number of hydrogen-bond donors (Lipinski definition) is 2. The first kappa shape index (κ1) is 20.1. The molecule has 1 aliphatic rings. The monoisotopic (exact) mass is 429 g/mol. The predicted octanol–water partition coefficient (Wildman–Crippen LogP) is 2.89. The van der Waals surface area contributed by atoms with Crippen LogP contribution in [0.5, 0.6) is 0 Å². The molecule has 1 unspecified atom stereocenters. The molecule has 0 aliphatic carbocycles. The maximum absolute atomic E-state index is 13.4. The minimum absolute atomic E-state index is 0.0558. The van der Waals surface area contributed by atoms with Crippen LogP contribution >= 0.6 is 0 Å². The number of rotatable bonds is 3. The number of nitrogens with zero attached hydrogens (tertiary/aromatic N) is 1. The SMILES string of the molecule is CNC(=O)c1c(-c2ccc(F)cc2)oc2cc3c(cc12)[C@@H](C)NC(=O)CN3S(C)=O. The van der Waals surface area contributed by atoms with E-state index < -0.39 is 16.8 Å². The third-order valence-corrected chi connectivity index (χ3v) is 6.05. The molecule has 0 bridgehead atoms. The number of hydrogen-bond acceptors (Lipinski definition) is 4. The summed E-state index contributed by atoms with van der Waals surface area (Å²) in [7, 11) is 0.0770. The Hall–Kier alpha value is -3.20. The molecule has 0 fully saturated rings. The summed E-state index contributed by atoms with van der Waals surface area (Å²) in [6, 6.07) is 8.80. The number of furan rings is 1. The van der Waals surface area contributed by atoms with Gasteiger partial charge in [-0.15, -0.1) is 0 Å². The molecule has 2 N–H and O–H groups in total. The van der Waals surface area contributed by atoms with Crippen LogP contribution in [0.15, 0.2) is 40.8 Å². The molecule has 1 aliphatic heterocycles. The average molecular weight is 429 g/mol. The fraction of sp³-hybridized carbons (Fsp3) is 0.238. The van der Waals surface area contributed by atoms with Crippen molar-refractivity contribution in [2.75, 3.05) is 24.2 Å². The number of anilines is 1. The Balaban J connectivity index is 2.01. The van der Waals surface area contributed by atoms with Gasteiger partial charge in [0.15, 0.2) is 0 Å². The zero-order valence-corrected chi connectivity index (χ0v) is 17.4. The summed E-state index contributed by atoms with van der Waals surface area (Å²) in [5, 5.41) is 6.04. The second-order valence-electron chi connectivity index (χ2n) is 7.05. The molecule has 1 aromatic heterocycles. The van der Waals surface area contributed by atoms with Gasteiger partial charge in [-0.1, -0.05) is 0 Å². The largest absolute Gasteiger partial charge is 0.455 e. The number of amides is 2. The number of carbonyl (C=O) groups is 2. The highest BCUT2D eigenvalue weighted by Crippen LogP contribution is 2.40. The van der Waals surface area contributed by atoms with Gasteiger partial charge in [-0.25, -0.2) is 8.60 Å². The van der Waals surface area contributed by atoms with E-state index in [1.807, 2.05) is 6.92 Å². The quantitative estimate of drug-likeness (QED) is 0.670. The zero-order valence-electron chi connectivity index (χ0n) is 16.6. The molecular weight excluding hydrogens is 409 g/mol. The van der Waals surface area contributed by atoms with E-state index >= 15 is 0 Å². The summed E-state index contributed by atoms with van der Waals surface area (Å²) in [6.07, 6.45) is 1.50. The number of halogens is 1. The van der Waals surface area contributed by atoms with Crippen molar-refractivity contribution in [3.8, 4) is 11.3 Å². The van der Waals surface area contributed by atoms with Crippen molar-refractivity contribution >= 4 is 39.5 Å². The van der Waals surface area contributed by atoms with Crippen LogP contribution in [0.25, 0.3) is 22.3 Å². The van der Waals surface area contributed by atoms with Gasteiger partial charge in [0.1, 0.15) is 34.7 Å². The van der Waals surface area contributed by atoms with Gasteiger partial charge >= 0.3 is 0 Å². The fourth-order valence-electron chi connectivity index (χ4n) is 3.68. The molecule has 4 rings (SSSR count). The number of benzene rings is 2. The molecular formula is C21H20FN3O4S.